The number of esters is 2. The molecule has 0 atom stereocenters. The summed E-state index contributed by atoms with van der Waals surface area (Å²) in [6.45, 7) is 4.33. The van der Waals surface area contributed by atoms with Crippen molar-refractivity contribution in [3.8, 4) is 0 Å². The Kier molecular flexibility index (Phi) is 17.0. The zero-order valence-electron chi connectivity index (χ0n) is 25.5. The van der Waals surface area contributed by atoms with E-state index in [1.165, 1.54) is 0 Å². The normalized spacial score (nSPS) is 11.5. The van der Waals surface area contributed by atoms with Crippen molar-refractivity contribution in [2.75, 3.05) is 92.5 Å². The summed E-state index contributed by atoms with van der Waals surface area (Å²) in [7, 11) is 0. The molecule has 0 saturated carbocycles. The zero-order valence-corrected chi connectivity index (χ0v) is 25.5. The van der Waals surface area contributed by atoms with Crippen LogP contribution in [0.15, 0.2) is 66.7 Å². The molecule has 0 spiro atoms. The van der Waals surface area contributed by atoms with Gasteiger partial charge < -0.3 is 37.9 Å². The highest BCUT2D eigenvalue weighted by molar-refractivity contribution is 5.95. The summed E-state index contributed by atoms with van der Waals surface area (Å²) in [4.78, 5) is 24.0. The molecular formula is C33H39F3O10. The molecule has 0 radical (unpaired) electrons. The molecule has 10 nitrogen and oxygen atoms in total. The van der Waals surface area contributed by atoms with Crippen molar-refractivity contribution in [1.82, 2.24) is 0 Å². The van der Waals surface area contributed by atoms with Crippen LogP contribution in [0.25, 0.3) is 10.8 Å². The standard InChI is InChI=1S/C33H39F3O10/c34-33(35,36)30-9-7-27(8-10-30)31(37)45-23-21-43-19-17-41-15-13-39-11-12-40-14-16-42-18-20-44-22-24-46-32(38)29-6-5-26-3-1-2-4-28(26)25-29/h1-10,25H,11-24H2. The molecule has 0 N–H and O–H groups in total. The highest BCUT2D eigenvalue weighted by atomic mass is 19.4. The second-order valence-corrected chi connectivity index (χ2v) is 9.58. The zero-order chi connectivity index (χ0) is 32.9. The topological polar surface area (TPSA) is 108 Å². The Balaban J connectivity index is 1.01. The smallest absolute Gasteiger partial charge is 0.416 e. The van der Waals surface area contributed by atoms with E-state index >= 15 is 0 Å². The fourth-order valence-corrected chi connectivity index (χ4v) is 3.87. The largest absolute Gasteiger partial charge is 0.460 e. The molecule has 3 rings (SSSR count). The van der Waals surface area contributed by atoms with E-state index in [9.17, 15) is 22.8 Å². The van der Waals surface area contributed by atoms with E-state index in [2.05, 4.69) is 0 Å². The molecule has 3 aromatic carbocycles. The maximum Gasteiger partial charge on any atom is 0.416 e. The molecule has 0 fully saturated rings. The lowest BCUT2D eigenvalue weighted by Crippen LogP contribution is -2.15. The van der Waals surface area contributed by atoms with Crippen molar-refractivity contribution in [2.45, 2.75) is 6.18 Å². The van der Waals surface area contributed by atoms with E-state index in [1.807, 2.05) is 36.4 Å². The van der Waals surface area contributed by atoms with E-state index in [1.54, 1.807) is 6.07 Å². The van der Waals surface area contributed by atoms with Gasteiger partial charge in [-0.25, -0.2) is 9.59 Å². The van der Waals surface area contributed by atoms with Gasteiger partial charge in [-0.05, 0) is 47.2 Å². The third-order valence-electron chi connectivity index (χ3n) is 6.21. The van der Waals surface area contributed by atoms with Crippen LogP contribution < -0.4 is 0 Å². The molecule has 0 aliphatic heterocycles. The van der Waals surface area contributed by atoms with Crippen LogP contribution in [-0.2, 0) is 44.1 Å². The Hall–Kier alpha value is -3.59. The number of carbonyl (C=O) groups excluding carboxylic acids is 2. The summed E-state index contributed by atoms with van der Waals surface area (Å²) in [5.41, 5.74) is -0.298. The van der Waals surface area contributed by atoms with Crippen molar-refractivity contribution >= 4 is 22.7 Å². The van der Waals surface area contributed by atoms with Gasteiger partial charge in [-0.3, -0.25) is 0 Å². The average Bonchev–Trinajstić information content (AvgIpc) is 3.06. The van der Waals surface area contributed by atoms with Crippen molar-refractivity contribution in [1.29, 1.82) is 0 Å². The highest BCUT2D eigenvalue weighted by Gasteiger charge is 2.30. The van der Waals surface area contributed by atoms with Crippen LogP contribution in [0, 0.1) is 0 Å². The van der Waals surface area contributed by atoms with Gasteiger partial charge in [-0.2, -0.15) is 13.2 Å². The number of rotatable bonds is 23. The second kappa shape index (κ2) is 21.3. The third kappa shape index (κ3) is 14.7. The number of fused-ring (bicyclic) bond motifs is 1. The summed E-state index contributed by atoms with van der Waals surface area (Å²) in [6, 6.07) is 17.1. The number of benzene rings is 3. The minimum absolute atomic E-state index is 0.0311. The van der Waals surface area contributed by atoms with Crippen LogP contribution in [0.4, 0.5) is 13.2 Å². The highest BCUT2D eigenvalue weighted by Crippen LogP contribution is 2.29. The lowest BCUT2D eigenvalue weighted by molar-refractivity contribution is -0.137. The van der Waals surface area contributed by atoms with E-state index in [-0.39, 0.29) is 44.6 Å². The fourth-order valence-electron chi connectivity index (χ4n) is 3.87. The molecule has 0 amide bonds. The van der Waals surface area contributed by atoms with E-state index < -0.39 is 17.7 Å². The van der Waals surface area contributed by atoms with Crippen LogP contribution in [0.2, 0.25) is 0 Å². The SMILES string of the molecule is O=C(OCCOCCOCCOCCOCCOCCOCCOC(=O)c1ccc2ccccc2c1)c1ccc(C(F)(F)F)cc1. The van der Waals surface area contributed by atoms with Crippen molar-refractivity contribution in [3.05, 3.63) is 83.4 Å². The Morgan fingerprint density at radius 1 is 0.457 bits per heavy atom. The molecular weight excluding hydrogens is 613 g/mol. The minimum atomic E-state index is -4.46. The van der Waals surface area contributed by atoms with Gasteiger partial charge in [0.25, 0.3) is 0 Å². The second-order valence-electron chi connectivity index (χ2n) is 9.58. The van der Waals surface area contributed by atoms with Crippen molar-refractivity contribution in [3.63, 3.8) is 0 Å². The van der Waals surface area contributed by atoms with Gasteiger partial charge in [0.15, 0.2) is 0 Å². The number of halogens is 3. The molecule has 0 heterocycles. The molecule has 0 aliphatic rings. The molecule has 13 heteroatoms. The van der Waals surface area contributed by atoms with Crippen molar-refractivity contribution < 1.29 is 60.7 Å². The van der Waals surface area contributed by atoms with Gasteiger partial charge in [0, 0.05) is 0 Å². The molecule has 0 unspecified atom stereocenters. The number of hydrogen-bond acceptors (Lipinski definition) is 10. The molecule has 0 saturated heterocycles. The molecule has 0 aliphatic carbocycles. The Labute approximate surface area is 265 Å². The maximum absolute atomic E-state index is 12.6. The first kappa shape index (κ1) is 36.9. The summed E-state index contributed by atoms with van der Waals surface area (Å²) >= 11 is 0. The third-order valence-corrected chi connectivity index (χ3v) is 6.21. The van der Waals surface area contributed by atoms with Crippen LogP contribution in [0.1, 0.15) is 26.3 Å². The maximum atomic E-state index is 12.6. The van der Waals surface area contributed by atoms with Gasteiger partial charge in [0.05, 0.1) is 96.0 Å². The molecule has 0 bridgehead atoms. The van der Waals surface area contributed by atoms with Crippen LogP contribution in [-0.4, -0.2) is 104 Å². The molecule has 3 aromatic rings. The van der Waals surface area contributed by atoms with Crippen molar-refractivity contribution in [2.24, 2.45) is 0 Å². The summed E-state index contributed by atoms with van der Waals surface area (Å²) in [6.07, 6.45) is -4.46. The quantitative estimate of drug-likeness (QED) is 0.103. The molecule has 0 aromatic heterocycles. The average molecular weight is 653 g/mol. The Morgan fingerprint density at radius 2 is 0.826 bits per heavy atom. The number of hydrogen-bond donors (Lipinski definition) is 0. The summed E-state index contributed by atoms with van der Waals surface area (Å²) in [5.74, 6) is -1.11. The van der Waals surface area contributed by atoms with E-state index in [0.29, 0.717) is 65.0 Å². The summed E-state index contributed by atoms with van der Waals surface area (Å²) in [5, 5.41) is 2.05. The predicted octanol–water partition coefficient (Wildman–Crippen LogP) is 4.97. The van der Waals surface area contributed by atoms with Gasteiger partial charge in [-0.15, -0.1) is 0 Å². The van der Waals surface area contributed by atoms with Gasteiger partial charge in [-0.1, -0.05) is 30.3 Å². The minimum Gasteiger partial charge on any atom is -0.460 e. The van der Waals surface area contributed by atoms with E-state index in [0.717, 1.165) is 35.0 Å². The fraction of sp³-hybridized carbons (Fsp3) is 0.455. The molecule has 252 valence electrons. The van der Waals surface area contributed by atoms with Crippen LogP contribution in [0.5, 0.6) is 0 Å². The Bertz CT molecular complexity index is 1300. The van der Waals surface area contributed by atoms with Gasteiger partial charge >= 0.3 is 18.1 Å². The van der Waals surface area contributed by atoms with Crippen LogP contribution >= 0.6 is 0 Å². The number of alkyl halides is 3. The van der Waals surface area contributed by atoms with Gasteiger partial charge in [0.1, 0.15) is 13.2 Å². The molecule has 46 heavy (non-hydrogen) atoms. The predicted molar refractivity (Wildman–Crippen MR) is 161 cm³/mol. The lowest BCUT2D eigenvalue weighted by atomic mass is 10.1. The lowest BCUT2D eigenvalue weighted by Gasteiger charge is -2.09. The number of ether oxygens (including phenoxy) is 8. The summed E-state index contributed by atoms with van der Waals surface area (Å²) < 4.78 is 80.3. The van der Waals surface area contributed by atoms with Crippen LogP contribution in [0.3, 0.4) is 0 Å². The first-order valence-electron chi connectivity index (χ1n) is 14.8. The number of carbonyl (C=O) groups is 2. The first-order chi connectivity index (χ1) is 22.3. The van der Waals surface area contributed by atoms with E-state index in [4.69, 9.17) is 37.9 Å². The monoisotopic (exact) mass is 652 g/mol. The Morgan fingerprint density at radius 3 is 1.26 bits per heavy atom. The first-order valence-corrected chi connectivity index (χ1v) is 14.8. The van der Waals surface area contributed by atoms with Gasteiger partial charge in [0.2, 0.25) is 0 Å².